The molecule has 0 saturated heterocycles. The summed E-state index contributed by atoms with van der Waals surface area (Å²) >= 11 is 4.47. The first-order valence-corrected chi connectivity index (χ1v) is 12.1. The van der Waals surface area contributed by atoms with E-state index < -0.39 is 0 Å². The van der Waals surface area contributed by atoms with Gasteiger partial charge in [-0.15, -0.1) is 22.7 Å². The summed E-state index contributed by atoms with van der Waals surface area (Å²) in [6, 6.07) is 13.4. The minimum absolute atomic E-state index is 0.0254. The number of benzene rings is 1. The van der Waals surface area contributed by atoms with Crippen molar-refractivity contribution in [3.8, 4) is 5.69 Å². The van der Waals surface area contributed by atoms with E-state index in [4.69, 9.17) is 4.98 Å². The molecule has 0 bridgehead atoms. The Balaban J connectivity index is 1.60. The Labute approximate surface area is 180 Å². The second-order valence-corrected chi connectivity index (χ2v) is 10.3. The summed E-state index contributed by atoms with van der Waals surface area (Å²) in [7, 11) is 0. The Morgan fingerprint density at radius 2 is 1.97 bits per heavy atom. The predicted octanol–water partition coefficient (Wildman–Crippen LogP) is 5.28. The average molecular weight is 439 g/mol. The second kappa shape index (κ2) is 7.55. The van der Waals surface area contributed by atoms with Gasteiger partial charge in [0.15, 0.2) is 10.9 Å². The Morgan fingerprint density at radius 1 is 1.14 bits per heavy atom. The number of aromatic nitrogens is 2. The standard InChI is InChI=1S/C22H18N2O2S3/c1-13-10-11-18(28-13)16(25)12-27-22-23-20-19(15-8-5-9-17(15)29-20)21(26)24(22)14-6-3-2-4-7-14/h2-4,6-7,10-11H,5,8-9,12H2,1H3. The van der Waals surface area contributed by atoms with Gasteiger partial charge in [-0.1, -0.05) is 30.0 Å². The molecule has 0 unspecified atom stereocenters. The van der Waals surface area contributed by atoms with Crippen LogP contribution in [0.3, 0.4) is 0 Å². The number of rotatable bonds is 5. The zero-order valence-electron chi connectivity index (χ0n) is 15.8. The molecular formula is C22H18N2O2S3. The minimum Gasteiger partial charge on any atom is -0.292 e. The van der Waals surface area contributed by atoms with E-state index >= 15 is 0 Å². The molecular weight excluding hydrogens is 420 g/mol. The van der Waals surface area contributed by atoms with Crippen molar-refractivity contribution in [3.05, 3.63) is 73.0 Å². The zero-order chi connectivity index (χ0) is 20.0. The predicted molar refractivity (Wildman–Crippen MR) is 121 cm³/mol. The summed E-state index contributed by atoms with van der Waals surface area (Å²) in [4.78, 5) is 34.9. The molecule has 0 amide bonds. The van der Waals surface area contributed by atoms with E-state index in [-0.39, 0.29) is 17.1 Å². The van der Waals surface area contributed by atoms with Crippen LogP contribution < -0.4 is 5.56 Å². The van der Waals surface area contributed by atoms with E-state index in [1.165, 1.54) is 33.5 Å². The van der Waals surface area contributed by atoms with Crippen molar-refractivity contribution in [2.24, 2.45) is 0 Å². The maximum atomic E-state index is 13.5. The summed E-state index contributed by atoms with van der Waals surface area (Å²) in [6.07, 6.45) is 3.08. The van der Waals surface area contributed by atoms with Crippen LogP contribution in [0.4, 0.5) is 0 Å². The van der Waals surface area contributed by atoms with Crippen LogP contribution in [0.1, 0.15) is 31.4 Å². The van der Waals surface area contributed by atoms with Gasteiger partial charge in [-0.05, 0) is 56.0 Å². The Morgan fingerprint density at radius 3 is 2.72 bits per heavy atom. The molecule has 0 saturated carbocycles. The van der Waals surface area contributed by atoms with Crippen LogP contribution in [0.2, 0.25) is 0 Å². The highest BCUT2D eigenvalue weighted by molar-refractivity contribution is 7.99. The van der Waals surface area contributed by atoms with E-state index in [2.05, 4.69) is 0 Å². The number of ketones is 1. The fraction of sp³-hybridized carbons (Fsp3) is 0.227. The smallest absolute Gasteiger partial charge is 0.267 e. The van der Waals surface area contributed by atoms with Crippen LogP contribution >= 0.6 is 34.4 Å². The third-order valence-electron chi connectivity index (χ3n) is 5.07. The van der Waals surface area contributed by atoms with Crippen LogP contribution in [0.15, 0.2) is 52.4 Å². The monoisotopic (exact) mass is 438 g/mol. The van der Waals surface area contributed by atoms with E-state index in [9.17, 15) is 9.59 Å². The number of carbonyl (C=O) groups is 1. The normalized spacial score (nSPS) is 13.1. The molecule has 0 atom stereocenters. The Bertz CT molecular complexity index is 1280. The molecule has 0 fully saturated rings. The van der Waals surface area contributed by atoms with Gasteiger partial charge in [0.2, 0.25) is 0 Å². The van der Waals surface area contributed by atoms with Crippen LogP contribution in [-0.4, -0.2) is 21.1 Å². The molecule has 7 heteroatoms. The summed E-state index contributed by atoms with van der Waals surface area (Å²) in [5, 5.41) is 1.34. The molecule has 146 valence electrons. The number of thiophene rings is 2. The average Bonchev–Trinajstić information content (AvgIpc) is 3.42. The molecule has 1 aliphatic carbocycles. The molecule has 1 aliphatic rings. The lowest BCUT2D eigenvalue weighted by Gasteiger charge is -2.12. The summed E-state index contributed by atoms with van der Waals surface area (Å²) in [5.41, 5.74) is 1.93. The fourth-order valence-electron chi connectivity index (χ4n) is 3.71. The number of Topliss-reactive ketones (excluding diaryl/α,β-unsaturated/α-hetero) is 1. The lowest BCUT2D eigenvalue weighted by Crippen LogP contribution is -2.22. The first-order chi connectivity index (χ1) is 14.1. The number of thioether (sulfide) groups is 1. The van der Waals surface area contributed by atoms with Gasteiger partial charge in [0, 0.05) is 9.75 Å². The van der Waals surface area contributed by atoms with E-state index in [0.29, 0.717) is 5.16 Å². The van der Waals surface area contributed by atoms with Crippen LogP contribution in [0.5, 0.6) is 0 Å². The number of hydrogen-bond donors (Lipinski definition) is 0. The van der Waals surface area contributed by atoms with E-state index in [1.807, 2.05) is 49.4 Å². The maximum Gasteiger partial charge on any atom is 0.267 e. The van der Waals surface area contributed by atoms with Gasteiger partial charge in [0.05, 0.1) is 21.7 Å². The van der Waals surface area contributed by atoms with E-state index in [1.54, 1.807) is 15.9 Å². The summed E-state index contributed by atoms with van der Waals surface area (Å²) < 4.78 is 1.67. The van der Waals surface area contributed by atoms with Gasteiger partial charge < -0.3 is 0 Å². The van der Waals surface area contributed by atoms with Gasteiger partial charge in [-0.3, -0.25) is 14.2 Å². The fourth-order valence-corrected chi connectivity index (χ4v) is 6.81. The van der Waals surface area contributed by atoms with Crippen molar-refractivity contribution in [1.82, 2.24) is 9.55 Å². The number of nitrogens with zero attached hydrogens (tertiary/aromatic N) is 2. The van der Waals surface area contributed by atoms with Crippen LogP contribution in [0.25, 0.3) is 15.9 Å². The number of hydrogen-bond acceptors (Lipinski definition) is 6. The largest absolute Gasteiger partial charge is 0.292 e. The maximum absolute atomic E-state index is 13.5. The van der Waals surface area contributed by atoms with Crippen molar-refractivity contribution in [3.63, 3.8) is 0 Å². The zero-order valence-corrected chi connectivity index (χ0v) is 18.3. The van der Waals surface area contributed by atoms with Crippen molar-refractivity contribution in [1.29, 1.82) is 0 Å². The van der Waals surface area contributed by atoms with E-state index in [0.717, 1.165) is 44.9 Å². The van der Waals surface area contributed by atoms with Gasteiger partial charge >= 0.3 is 0 Å². The second-order valence-electron chi connectivity index (χ2n) is 7.03. The van der Waals surface area contributed by atoms with Crippen molar-refractivity contribution in [2.75, 3.05) is 5.75 Å². The summed E-state index contributed by atoms with van der Waals surface area (Å²) in [5.74, 6) is 0.325. The minimum atomic E-state index is -0.0254. The molecule has 0 radical (unpaired) electrons. The van der Waals surface area contributed by atoms with Gasteiger partial charge in [0.25, 0.3) is 5.56 Å². The number of fused-ring (bicyclic) bond motifs is 3. The molecule has 0 spiro atoms. The summed E-state index contributed by atoms with van der Waals surface area (Å²) in [6.45, 7) is 1.99. The molecule has 3 heterocycles. The quantitative estimate of drug-likeness (QED) is 0.242. The molecule has 0 N–H and O–H groups in total. The van der Waals surface area contributed by atoms with Crippen molar-refractivity contribution >= 4 is 50.4 Å². The highest BCUT2D eigenvalue weighted by atomic mass is 32.2. The van der Waals surface area contributed by atoms with Gasteiger partial charge in [-0.25, -0.2) is 4.98 Å². The first kappa shape index (κ1) is 18.8. The lowest BCUT2D eigenvalue weighted by molar-refractivity contribution is 0.102. The highest BCUT2D eigenvalue weighted by Gasteiger charge is 2.24. The molecule has 4 nitrogen and oxygen atoms in total. The Kier molecular flexibility index (Phi) is 4.89. The van der Waals surface area contributed by atoms with Crippen LogP contribution in [-0.2, 0) is 12.8 Å². The van der Waals surface area contributed by atoms with Gasteiger partial charge in [-0.2, -0.15) is 0 Å². The number of para-hydroxylation sites is 1. The molecule has 1 aromatic carbocycles. The van der Waals surface area contributed by atoms with Crippen molar-refractivity contribution < 1.29 is 4.79 Å². The SMILES string of the molecule is Cc1ccc(C(=O)CSc2nc3sc4c(c3c(=O)n2-c2ccccc2)CCC4)s1. The molecule has 3 aromatic heterocycles. The Hall–Kier alpha value is -2.22. The molecule has 0 aliphatic heterocycles. The lowest BCUT2D eigenvalue weighted by atomic mass is 10.2. The third kappa shape index (κ3) is 3.37. The molecule has 5 rings (SSSR count). The van der Waals surface area contributed by atoms with Crippen molar-refractivity contribution in [2.45, 2.75) is 31.3 Å². The third-order valence-corrected chi connectivity index (χ3v) is 8.24. The topological polar surface area (TPSA) is 52.0 Å². The highest BCUT2D eigenvalue weighted by Crippen LogP contribution is 2.36. The number of carbonyl (C=O) groups excluding carboxylic acids is 1. The van der Waals surface area contributed by atoms with Crippen LogP contribution in [0, 0.1) is 6.92 Å². The first-order valence-electron chi connectivity index (χ1n) is 9.47. The number of aryl methyl sites for hydroxylation is 3. The van der Waals surface area contributed by atoms with Gasteiger partial charge in [0.1, 0.15) is 4.83 Å². The molecule has 29 heavy (non-hydrogen) atoms. The molecule has 4 aromatic rings.